The minimum absolute atomic E-state index is 0.0875. The fourth-order valence-corrected chi connectivity index (χ4v) is 3.93. The summed E-state index contributed by atoms with van der Waals surface area (Å²) in [6, 6.07) is 8.38. The van der Waals surface area contributed by atoms with Crippen molar-refractivity contribution < 1.29 is 34.1 Å². The predicted octanol–water partition coefficient (Wildman–Crippen LogP) is 1.28. The van der Waals surface area contributed by atoms with Gasteiger partial charge >= 0.3 is 17.9 Å². The van der Waals surface area contributed by atoms with Crippen molar-refractivity contribution in [2.75, 3.05) is 0 Å². The largest absolute Gasteiger partial charge is 0.481 e. The normalized spacial score (nSPS) is 13.9. The third kappa shape index (κ3) is 6.79. The van der Waals surface area contributed by atoms with E-state index in [4.69, 9.17) is 26.4 Å². The van der Waals surface area contributed by atoms with Crippen LogP contribution in [0.15, 0.2) is 41.4 Å². The summed E-state index contributed by atoms with van der Waals surface area (Å²) in [4.78, 5) is 51.6. The molecule has 1 aliphatic rings. The van der Waals surface area contributed by atoms with Gasteiger partial charge < -0.3 is 31.7 Å². The Morgan fingerprint density at radius 1 is 1.09 bits per heavy atom. The van der Waals surface area contributed by atoms with E-state index in [9.17, 15) is 19.2 Å². The molecule has 0 aliphatic carbocycles. The number of guanidine groups is 1. The molecule has 0 fully saturated rings. The summed E-state index contributed by atoms with van der Waals surface area (Å²) in [5, 5.41) is 20.3. The van der Waals surface area contributed by atoms with Gasteiger partial charge in [0.1, 0.15) is 11.8 Å². The van der Waals surface area contributed by atoms with E-state index in [1.165, 1.54) is 0 Å². The maximum absolute atomic E-state index is 13.0. The van der Waals surface area contributed by atoms with Crippen molar-refractivity contribution in [3.05, 3.63) is 58.7 Å². The van der Waals surface area contributed by atoms with E-state index in [-0.39, 0.29) is 12.4 Å². The van der Waals surface area contributed by atoms with Crippen molar-refractivity contribution in [1.82, 2.24) is 5.32 Å². The van der Waals surface area contributed by atoms with Crippen molar-refractivity contribution in [1.29, 1.82) is 0 Å². The lowest BCUT2D eigenvalue weighted by atomic mass is 9.94. The van der Waals surface area contributed by atoms with E-state index in [0.29, 0.717) is 41.0 Å². The molecule has 184 valence electrons. The molecular formula is C24H26N4O7. The summed E-state index contributed by atoms with van der Waals surface area (Å²) in [7, 11) is 0. The van der Waals surface area contributed by atoms with E-state index >= 15 is 0 Å². The maximum Gasteiger partial charge on any atom is 0.343 e. The number of aliphatic carboxylic acids is 2. The molecule has 1 atom stereocenters. The standard InChI is InChI=1S/C24H26N4O7/c25-24(26)27-15-8-9-17-13(10-15)4-1-2-6-16-14(5-3-7-19(16)35-23(17)34)11-20(29)28-18(22(32)33)12-21(30)31/h3,5,7-10,18H,1-2,4,6,11-12H2,(H,28,29)(H,30,31)(H,32,33)(H4,25,26,27). The predicted molar refractivity (Wildman–Crippen MR) is 125 cm³/mol. The number of aliphatic imine (C=N–C) groups is 1. The van der Waals surface area contributed by atoms with E-state index in [1.54, 1.807) is 36.4 Å². The van der Waals surface area contributed by atoms with Gasteiger partial charge in [0.15, 0.2) is 5.96 Å². The number of aryl methyl sites for hydroxylation is 1. The first kappa shape index (κ1) is 25.2. The number of fused-ring (bicyclic) bond motifs is 2. The minimum atomic E-state index is -1.55. The first-order chi connectivity index (χ1) is 16.6. The lowest BCUT2D eigenvalue weighted by Gasteiger charge is -2.18. The minimum Gasteiger partial charge on any atom is -0.481 e. The molecule has 0 aromatic heterocycles. The second-order valence-electron chi connectivity index (χ2n) is 8.10. The van der Waals surface area contributed by atoms with Gasteiger partial charge in [0.05, 0.1) is 24.1 Å². The van der Waals surface area contributed by atoms with Crippen LogP contribution in [0.4, 0.5) is 5.69 Å². The maximum atomic E-state index is 13.0. The number of carbonyl (C=O) groups is 4. The molecule has 11 nitrogen and oxygen atoms in total. The molecule has 0 spiro atoms. The second kappa shape index (κ2) is 11.1. The Labute approximate surface area is 200 Å². The van der Waals surface area contributed by atoms with Crippen molar-refractivity contribution in [3.8, 4) is 5.75 Å². The smallest absolute Gasteiger partial charge is 0.343 e. The average molecular weight is 482 g/mol. The molecule has 1 amide bonds. The van der Waals surface area contributed by atoms with Crippen LogP contribution in [0.3, 0.4) is 0 Å². The van der Waals surface area contributed by atoms with E-state index < -0.39 is 36.3 Å². The zero-order valence-electron chi connectivity index (χ0n) is 18.8. The highest BCUT2D eigenvalue weighted by Gasteiger charge is 2.24. The second-order valence-corrected chi connectivity index (χ2v) is 8.10. The molecule has 1 heterocycles. The van der Waals surface area contributed by atoms with Gasteiger partial charge in [-0.1, -0.05) is 12.1 Å². The Kier molecular flexibility index (Phi) is 8.03. The molecule has 2 aromatic carbocycles. The molecule has 3 rings (SSSR count). The third-order valence-corrected chi connectivity index (χ3v) is 5.49. The third-order valence-electron chi connectivity index (χ3n) is 5.49. The molecule has 0 saturated heterocycles. The summed E-state index contributed by atoms with van der Waals surface area (Å²) in [5.41, 5.74) is 13.8. The van der Waals surface area contributed by atoms with Crippen molar-refractivity contribution in [2.45, 2.75) is 44.6 Å². The monoisotopic (exact) mass is 482 g/mol. The van der Waals surface area contributed by atoms with Crippen LogP contribution in [0.25, 0.3) is 0 Å². The number of ether oxygens (including phenoxy) is 1. The fraction of sp³-hybridized carbons (Fsp3) is 0.292. The number of benzene rings is 2. The lowest BCUT2D eigenvalue weighted by Crippen LogP contribution is -2.43. The van der Waals surface area contributed by atoms with Gasteiger partial charge in [0.25, 0.3) is 0 Å². The number of carbonyl (C=O) groups excluding carboxylic acids is 2. The van der Waals surface area contributed by atoms with E-state index in [1.807, 2.05) is 0 Å². The number of hydrogen-bond acceptors (Lipinski definition) is 6. The molecular weight excluding hydrogens is 456 g/mol. The SMILES string of the molecule is NC(N)=Nc1ccc2c(c1)CCCCc1c(CC(=O)NC(CC(=O)O)C(=O)O)cccc1OC2=O. The molecule has 7 N–H and O–H groups in total. The van der Waals surface area contributed by atoms with Crippen LogP contribution in [0.2, 0.25) is 0 Å². The van der Waals surface area contributed by atoms with Crippen molar-refractivity contribution >= 4 is 35.5 Å². The van der Waals surface area contributed by atoms with Crippen molar-refractivity contribution in [2.24, 2.45) is 16.5 Å². The number of esters is 1. The number of carboxylic acids is 2. The first-order valence-corrected chi connectivity index (χ1v) is 10.9. The summed E-state index contributed by atoms with van der Waals surface area (Å²) in [6.45, 7) is 0. The number of carboxylic acid groups (broad SMARTS) is 2. The van der Waals surface area contributed by atoms with Crippen LogP contribution < -0.4 is 21.5 Å². The van der Waals surface area contributed by atoms with Gasteiger partial charge in [-0.25, -0.2) is 14.6 Å². The van der Waals surface area contributed by atoms with Gasteiger partial charge in [-0.2, -0.15) is 0 Å². The van der Waals surface area contributed by atoms with Gasteiger partial charge in [-0.3, -0.25) is 9.59 Å². The molecule has 0 bridgehead atoms. The fourth-order valence-electron chi connectivity index (χ4n) is 3.93. The van der Waals surface area contributed by atoms with Gasteiger partial charge in [-0.05, 0) is 66.6 Å². The Hall–Kier alpha value is -4.41. The molecule has 0 saturated carbocycles. The van der Waals surface area contributed by atoms with Gasteiger partial charge in [-0.15, -0.1) is 0 Å². The van der Waals surface area contributed by atoms with Crippen LogP contribution in [0.5, 0.6) is 5.75 Å². The highest BCUT2D eigenvalue weighted by Crippen LogP contribution is 2.29. The quantitative estimate of drug-likeness (QED) is 0.167. The topological polar surface area (TPSA) is 194 Å². The van der Waals surface area contributed by atoms with Gasteiger partial charge in [0, 0.05) is 0 Å². The van der Waals surface area contributed by atoms with E-state index in [2.05, 4.69) is 10.3 Å². The average Bonchev–Trinajstić information content (AvgIpc) is 2.76. The molecule has 35 heavy (non-hydrogen) atoms. The number of nitrogens with two attached hydrogens (primary N) is 2. The van der Waals surface area contributed by atoms with Crippen molar-refractivity contribution in [3.63, 3.8) is 0 Å². The Morgan fingerprint density at radius 3 is 2.51 bits per heavy atom. The molecule has 11 heteroatoms. The summed E-state index contributed by atoms with van der Waals surface area (Å²) >= 11 is 0. The van der Waals surface area contributed by atoms with Crippen LogP contribution in [0.1, 0.15) is 46.3 Å². The number of nitrogens with zero attached hydrogens (tertiary/aromatic N) is 1. The Bertz CT molecular complexity index is 1190. The number of rotatable bonds is 7. The number of amides is 1. The first-order valence-electron chi connectivity index (χ1n) is 10.9. The molecule has 1 aliphatic heterocycles. The van der Waals surface area contributed by atoms with Crippen LogP contribution in [-0.4, -0.2) is 46.0 Å². The Balaban J connectivity index is 1.85. The highest BCUT2D eigenvalue weighted by molar-refractivity contribution is 5.94. The summed E-state index contributed by atoms with van der Waals surface area (Å²) < 4.78 is 5.69. The Morgan fingerprint density at radius 2 is 1.83 bits per heavy atom. The zero-order chi connectivity index (χ0) is 25.5. The number of hydrogen-bond donors (Lipinski definition) is 5. The lowest BCUT2D eigenvalue weighted by molar-refractivity contribution is -0.147. The zero-order valence-corrected chi connectivity index (χ0v) is 18.8. The summed E-state index contributed by atoms with van der Waals surface area (Å²) in [6.07, 6.45) is 1.65. The number of nitrogens with one attached hydrogen (secondary N) is 1. The molecule has 2 aromatic rings. The summed E-state index contributed by atoms with van der Waals surface area (Å²) in [5.74, 6) is -3.77. The van der Waals surface area contributed by atoms with E-state index in [0.717, 1.165) is 18.4 Å². The van der Waals surface area contributed by atoms with Crippen LogP contribution in [-0.2, 0) is 33.6 Å². The molecule has 1 unspecified atom stereocenters. The van der Waals surface area contributed by atoms with Crippen LogP contribution >= 0.6 is 0 Å². The van der Waals surface area contributed by atoms with Crippen LogP contribution in [0, 0.1) is 0 Å². The highest BCUT2D eigenvalue weighted by atomic mass is 16.5. The van der Waals surface area contributed by atoms with Gasteiger partial charge in [0.2, 0.25) is 5.91 Å². The molecule has 0 radical (unpaired) electrons.